The Morgan fingerprint density at radius 3 is 2.85 bits per heavy atom. The lowest BCUT2D eigenvalue weighted by Crippen LogP contribution is -2.53. The summed E-state index contributed by atoms with van der Waals surface area (Å²) in [6.45, 7) is 5.64. The van der Waals surface area contributed by atoms with Crippen LogP contribution in [0.5, 0.6) is 0 Å². The molecule has 1 aliphatic rings. The third-order valence-corrected chi connectivity index (χ3v) is 4.19. The number of thiol groups is 1. The number of pyridine rings is 1. The minimum atomic E-state index is -0.283. The van der Waals surface area contributed by atoms with Crippen LogP contribution in [0.15, 0.2) is 22.8 Å². The Labute approximate surface area is 132 Å². The van der Waals surface area contributed by atoms with Gasteiger partial charge in [0.25, 0.3) is 0 Å². The van der Waals surface area contributed by atoms with Crippen LogP contribution in [-0.2, 0) is 0 Å². The second-order valence-corrected chi connectivity index (χ2v) is 5.90. The maximum Gasteiger partial charge on any atom is 0.334 e. The van der Waals surface area contributed by atoms with Crippen molar-refractivity contribution in [3.63, 3.8) is 0 Å². The van der Waals surface area contributed by atoms with Crippen LogP contribution in [0, 0.1) is 0 Å². The molecule has 1 fully saturated rings. The van der Waals surface area contributed by atoms with E-state index in [-0.39, 0.29) is 12.2 Å². The molecule has 2 N–H and O–H groups in total. The fourth-order valence-electron chi connectivity index (χ4n) is 2.00. The molecular formula is C12H18BrN5OS. The number of nitrogens with zero attached hydrogens (tertiary/aromatic N) is 3. The van der Waals surface area contributed by atoms with Crippen molar-refractivity contribution in [3.05, 3.63) is 22.8 Å². The van der Waals surface area contributed by atoms with Crippen molar-refractivity contribution in [1.29, 1.82) is 0 Å². The van der Waals surface area contributed by atoms with Crippen LogP contribution in [0.3, 0.4) is 0 Å². The maximum absolute atomic E-state index is 12.1. The maximum atomic E-state index is 12.1. The Bertz CT molecular complexity index is 452. The van der Waals surface area contributed by atoms with Crippen molar-refractivity contribution < 1.29 is 4.79 Å². The summed E-state index contributed by atoms with van der Waals surface area (Å²) in [6.07, 6.45) is 1.56. The van der Waals surface area contributed by atoms with Gasteiger partial charge in [-0.15, -0.1) is 0 Å². The number of aromatic nitrogens is 1. The van der Waals surface area contributed by atoms with Crippen LogP contribution >= 0.6 is 28.7 Å². The molecule has 8 heteroatoms. The highest BCUT2D eigenvalue weighted by molar-refractivity contribution is 9.10. The molecule has 6 nitrogen and oxygen atoms in total. The van der Waals surface area contributed by atoms with E-state index in [4.69, 9.17) is 0 Å². The number of piperazine rings is 1. The molecule has 2 amide bonds. The molecule has 2 rings (SSSR count). The highest BCUT2D eigenvalue weighted by atomic mass is 79.9. The first-order valence-corrected chi connectivity index (χ1v) is 7.62. The molecule has 0 aromatic carbocycles. The number of anilines is 1. The summed E-state index contributed by atoms with van der Waals surface area (Å²) in [5.74, 6) is 0.504. The summed E-state index contributed by atoms with van der Waals surface area (Å²) < 4.78 is 2.27. The van der Waals surface area contributed by atoms with E-state index in [1.54, 1.807) is 12.3 Å². The monoisotopic (exact) mass is 359 g/mol. The van der Waals surface area contributed by atoms with E-state index in [0.717, 1.165) is 30.7 Å². The molecule has 1 aromatic heterocycles. The number of halogens is 1. The topological polar surface area (TPSA) is 60.5 Å². The predicted molar refractivity (Wildman–Crippen MR) is 85.7 cm³/mol. The summed E-state index contributed by atoms with van der Waals surface area (Å²) in [7, 11) is 0. The van der Waals surface area contributed by atoms with Crippen LogP contribution < -0.4 is 10.6 Å². The Hall–Kier alpha value is -0.830. The van der Waals surface area contributed by atoms with E-state index in [1.165, 1.54) is 4.31 Å². The molecule has 1 atom stereocenters. The fraction of sp³-hybridized carbons (Fsp3) is 0.500. The largest absolute Gasteiger partial charge is 0.334 e. The minimum absolute atomic E-state index is 0.0733. The molecule has 0 bridgehead atoms. The average molecular weight is 360 g/mol. The molecule has 0 radical (unpaired) electrons. The van der Waals surface area contributed by atoms with Crippen molar-refractivity contribution >= 4 is 40.6 Å². The van der Waals surface area contributed by atoms with Gasteiger partial charge in [-0.25, -0.2) is 9.78 Å². The molecule has 0 aliphatic carbocycles. The minimum Gasteiger partial charge on any atom is -0.314 e. The summed E-state index contributed by atoms with van der Waals surface area (Å²) in [6, 6.07) is 3.28. The number of urea groups is 1. The van der Waals surface area contributed by atoms with E-state index in [1.807, 2.05) is 13.0 Å². The Morgan fingerprint density at radius 1 is 1.55 bits per heavy atom. The van der Waals surface area contributed by atoms with Gasteiger partial charge in [0.05, 0.1) is 6.17 Å². The highest BCUT2D eigenvalue weighted by Crippen LogP contribution is 2.14. The first-order chi connectivity index (χ1) is 9.58. The van der Waals surface area contributed by atoms with Crippen molar-refractivity contribution in [2.75, 3.05) is 31.5 Å². The average Bonchev–Trinajstić information content (AvgIpc) is 2.49. The van der Waals surface area contributed by atoms with E-state index < -0.39 is 0 Å². The van der Waals surface area contributed by atoms with Crippen LogP contribution in [0.1, 0.15) is 6.92 Å². The van der Waals surface area contributed by atoms with Crippen LogP contribution in [0.25, 0.3) is 0 Å². The molecule has 1 unspecified atom stereocenters. The van der Waals surface area contributed by atoms with Crippen LogP contribution in [-0.4, -0.2) is 52.6 Å². The Balaban J connectivity index is 1.92. The summed E-state index contributed by atoms with van der Waals surface area (Å²) in [5.41, 5.74) is 0. The van der Waals surface area contributed by atoms with E-state index in [2.05, 4.69) is 49.3 Å². The van der Waals surface area contributed by atoms with Crippen molar-refractivity contribution in [2.45, 2.75) is 13.1 Å². The molecule has 1 aromatic rings. The molecule has 20 heavy (non-hydrogen) atoms. The van der Waals surface area contributed by atoms with E-state index in [0.29, 0.717) is 5.82 Å². The lowest BCUT2D eigenvalue weighted by molar-refractivity contribution is 0.121. The molecule has 2 heterocycles. The molecule has 110 valence electrons. The van der Waals surface area contributed by atoms with Gasteiger partial charge in [0.15, 0.2) is 0 Å². The second kappa shape index (κ2) is 7.26. The summed E-state index contributed by atoms with van der Waals surface area (Å²) in [5, 5.41) is 6.01. The summed E-state index contributed by atoms with van der Waals surface area (Å²) >= 11 is 7.61. The van der Waals surface area contributed by atoms with Crippen LogP contribution in [0.2, 0.25) is 0 Å². The first-order valence-electron chi connectivity index (χ1n) is 6.43. The third kappa shape index (κ3) is 4.08. The standard InChI is InChI=1S/C12H18BrN5OS/c1-9(17-6-4-14-5-7-17)18(20)12(19)16-11-3-2-10(13)8-15-11/h2-3,8-9,14,20H,4-7H2,1H3,(H,15,16,19). The van der Waals surface area contributed by atoms with Gasteiger partial charge < -0.3 is 5.32 Å². The van der Waals surface area contributed by atoms with Gasteiger partial charge >= 0.3 is 6.03 Å². The number of rotatable bonds is 3. The van der Waals surface area contributed by atoms with E-state index >= 15 is 0 Å². The third-order valence-electron chi connectivity index (χ3n) is 3.20. The molecular weight excluding hydrogens is 342 g/mol. The quantitative estimate of drug-likeness (QED) is 0.720. The fourth-order valence-corrected chi connectivity index (χ4v) is 2.43. The predicted octanol–water partition coefficient (Wildman–Crippen LogP) is 1.77. The zero-order valence-electron chi connectivity index (χ0n) is 11.2. The number of nitrogens with one attached hydrogen (secondary N) is 2. The number of amides is 2. The second-order valence-electron chi connectivity index (χ2n) is 4.55. The van der Waals surface area contributed by atoms with Gasteiger partial charge in [0, 0.05) is 36.8 Å². The smallest absolute Gasteiger partial charge is 0.314 e. The number of hydrogen-bond donors (Lipinski definition) is 3. The van der Waals surface area contributed by atoms with Gasteiger partial charge in [-0.2, -0.15) is 0 Å². The molecule has 0 spiro atoms. The number of carbonyl (C=O) groups is 1. The van der Waals surface area contributed by atoms with E-state index in [9.17, 15) is 4.79 Å². The van der Waals surface area contributed by atoms with Crippen molar-refractivity contribution in [3.8, 4) is 0 Å². The highest BCUT2D eigenvalue weighted by Gasteiger charge is 2.24. The molecule has 1 saturated heterocycles. The molecule has 1 aliphatic heterocycles. The lowest BCUT2D eigenvalue weighted by atomic mass is 10.3. The summed E-state index contributed by atoms with van der Waals surface area (Å²) in [4.78, 5) is 18.4. The lowest BCUT2D eigenvalue weighted by Gasteiger charge is -2.36. The van der Waals surface area contributed by atoms with Crippen molar-refractivity contribution in [2.24, 2.45) is 0 Å². The first kappa shape index (κ1) is 15.6. The number of hydrogen-bond acceptors (Lipinski definition) is 5. The van der Waals surface area contributed by atoms with Gasteiger partial charge in [0.1, 0.15) is 5.82 Å². The Morgan fingerprint density at radius 2 is 2.25 bits per heavy atom. The SMILES string of the molecule is CC(N1CCNCC1)N(S)C(=O)Nc1ccc(Br)cn1. The Kier molecular flexibility index (Phi) is 5.64. The van der Waals surface area contributed by atoms with Gasteiger partial charge in [-0.3, -0.25) is 14.5 Å². The van der Waals surface area contributed by atoms with Gasteiger partial charge in [-0.05, 0) is 35.0 Å². The number of carbonyl (C=O) groups excluding carboxylic acids is 1. The zero-order valence-corrected chi connectivity index (χ0v) is 13.7. The van der Waals surface area contributed by atoms with Crippen molar-refractivity contribution in [1.82, 2.24) is 19.5 Å². The molecule has 0 saturated carbocycles. The zero-order chi connectivity index (χ0) is 14.5. The van der Waals surface area contributed by atoms with Crippen LogP contribution in [0.4, 0.5) is 10.6 Å². The normalized spacial score (nSPS) is 17.6. The van der Waals surface area contributed by atoms with Gasteiger partial charge in [-0.1, -0.05) is 12.8 Å². The van der Waals surface area contributed by atoms with Gasteiger partial charge in [0.2, 0.25) is 0 Å².